The Morgan fingerprint density at radius 3 is 2.90 bits per heavy atom. The first-order valence-corrected chi connectivity index (χ1v) is 7.75. The van der Waals surface area contributed by atoms with E-state index in [1.807, 2.05) is 12.1 Å². The van der Waals surface area contributed by atoms with Gasteiger partial charge in [0.05, 0.1) is 7.11 Å². The van der Waals surface area contributed by atoms with E-state index in [-0.39, 0.29) is 0 Å². The number of phenols is 1. The molecule has 0 amide bonds. The van der Waals surface area contributed by atoms with E-state index in [4.69, 9.17) is 4.74 Å². The fourth-order valence-electron chi connectivity index (χ4n) is 3.17. The molecule has 2 unspecified atom stereocenters. The molecular formula is C17H27NO2. The average molecular weight is 277 g/mol. The molecule has 1 aliphatic carbocycles. The first-order chi connectivity index (χ1) is 9.69. The number of hydrogen-bond donors (Lipinski definition) is 2. The van der Waals surface area contributed by atoms with Gasteiger partial charge in [0, 0.05) is 18.2 Å². The van der Waals surface area contributed by atoms with Crippen LogP contribution in [0.1, 0.15) is 44.6 Å². The molecule has 2 atom stereocenters. The van der Waals surface area contributed by atoms with Gasteiger partial charge in [0.1, 0.15) is 11.5 Å². The minimum Gasteiger partial charge on any atom is -0.507 e. The first-order valence-electron chi connectivity index (χ1n) is 7.75. The molecule has 0 bridgehead atoms. The highest BCUT2D eigenvalue weighted by Gasteiger charge is 2.18. The third-order valence-electron chi connectivity index (χ3n) is 4.38. The molecule has 2 rings (SSSR count). The fraction of sp³-hybridized carbons (Fsp3) is 0.647. The number of methoxy groups -OCH3 is 1. The van der Waals surface area contributed by atoms with Crippen molar-refractivity contribution < 1.29 is 9.84 Å². The Labute approximate surface area is 122 Å². The van der Waals surface area contributed by atoms with Gasteiger partial charge in [-0.25, -0.2) is 0 Å². The van der Waals surface area contributed by atoms with E-state index >= 15 is 0 Å². The van der Waals surface area contributed by atoms with Crippen molar-refractivity contribution >= 4 is 0 Å². The summed E-state index contributed by atoms with van der Waals surface area (Å²) in [5.41, 5.74) is 0.933. The molecule has 112 valence electrons. The van der Waals surface area contributed by atoms with Crippen LogP contribution in [-0.4, -0.2) is 18.8 Å². The molecule has 1 fully saturated rings. The van der Waals surface area contributed by atoms with Crippen molar-refractivity contribution in [3.8, 4) is 11.5 Å². The maximum Gasteiger partial charge on any atom is 0.123 e. The van der Waals surface area contributed by atoms with Crippen LogP contribution in [-0.2, 0) is 6.54 Å². The Morgan fingerprint density at radius 1 is 1.35 bits per heavy atom. The van der Waals surface area contributed by atoms with E-state index in [0.29, 0.717) is 11.5 Å². The lowest BCUT2D eigenvalue weighted by molar-refractivity contribution is 0.267. The second-order valence-electron chi connectivity index (χ2n) is 6.10. The molecule has 1 aromatic rings. The van der Waals surface area contributed by atoms with Crippen molar-refractivity contribution in [3.63, 3.8) is 0 Å². The predicted molar refractivity (Wildman–Crippen MR) is 82.1 cm³/mol. The first kappa shape index (κ1) is 15.2. The molecule has 0 radical (unpaired) electrons. The van der Waals surface area contributed by atoms with Crippen LogP contribution in [0.25, 0.3) is 0 Å². The van der Waals surface area contributed by atoms with Gasteiger partial charge in [-0.15, -0.1) is 0 Å². The Kier molecular flexibility index (Phi) is 5.72. The maximum atomic E-state index is 9.89. The highest BCUT2D eigenvalue weighted by molar-refractivity contribution is 5.39. The summed E-state index contributed by atoms with van der Waals surface area (Å²) in [6.07, 6.45) is 6.82. The predicted octanol–water partition coefficient (Wildman–Crippen LogP) is 3.71. The molecule has 0 heterocycles. The van der Waals surface area contributed by atoms with Crippen LogP contribution in [0.5, 0.6) is 11.5 Å². The summed E-state index contributed by atoms with van der Waals surface area (Å²) < 4.78 is 5.08. The lowest BCUT2D eigenvalue weighted by atomic mass is 9.81. The zero-order chi connectivity index (χ0) is 14.4. The van der Waals surface area contributed by atoms with Crippen molar-refractivity contribution in [2.45, 2.75) is 45.6 Å². The Balaban J connectivity index is 1.70. The highest BCUT2D eigenvalue weighted by Crippen LogP contribution is 2.30. The summed E-state index contributed by atoms with van der Waals surface area (Å²) in [5, 5.41) is 13.3. The SMILES string of the molecule is COc1ccc(CNCCC2CCCC(C)C2)c(O)c1. The zero-order valence-corrected chi connectivity index (χ0v) is 12.7. The molecule has 3 heteroatoms. The van der Waals surface area contributed by atoms with Gasteiger partial charge in [-0.3, -0.25) is 0 Å². The van der Waals surface area contributed by atoms with Gasteiger partial charge in [-0.2, -0.15) is 0 Å². The standard InChI is InChI=1S/C17H27NO2/c1-13-4-3-5-14(10-13)8-9-18-12-15-6-7-16(20-2)11-17(15)19/h6-7,11,13-14,18-19H,3-5,8-10,12H2,1-2H3. The van der Waals surface area contributed by atoms with E-state index in [9.17, 15) is 5.11 Å². The minimum atomic E-state index is 0.308. The third-order valence-corrected chi connectivity index (χ3v) is 4.38. The van der Waals surface area contributed by atoms with Crippen molar-refractivity contribution in [1.82, 2.24) is 5.32 Å². The Morgan fingerprint density at radius 2 is 2.20 bits per heavy atom. The molecule has 0 spiro atoms. The number of rotatable bonds is 6. The van der Waals surface area contributed by atoms with Crippen LogP contribution in [0.3, 0.4) is 0 Å². The molecule has 0 aromatic heterocycles. The van der Waals surface area contributed by atoms with Gasteiger partial charge in [0.2, 0.25) is 0 Å². The molecule has 3 nitrogen and oxygen atoms in total. The molecule has 1 aliphatic rings. The monoisotopic (exact) mass is 277 g/mol. The van der Waals surface area contributed by atoms with Crippen LogP contribution in [0, 0.1) is 11.8 Å². The molecule has 20 heavy (non-hydrogen) atoms. The van der Waals surface area contributed by atoms with Crippen LogP contribution >= 0.6 is 0 Å². The molecule has 0 aliphatic heterocycles. The number of benzene rings is 1. The quantitative estimate of drug-likeness (QED) is 0.779. The van der Waals surface area contributed by atoms with Gasteiger partial charge >= 0.3 is 0 Å². The van der Waals surface area contributed by atoms with Crippen molar-refractivity contribution in [1.29, 1.82) is 0 Å². The highest BCUT2D eigenvalue weighted by atomic mass is 16.5. The van der Waals surface area contributed by atoms with E-state index in [1.54, 1.807) is 13.2 Å². The van der Waals surface area contributed by atoms with Crippen molar-refractivity contribution in [2.75, 3.05) is 13.7 Å². The van der Waals surface area contributed by atoms with Crippen LogP contribution in [0.15, 0.2) is 18.2 Å². The van der Waals surface area contributed by atoms with Gasteiger partial charge < -0.3 is 15.2 Å². The summed E-state index contributed by atoms with van der Waals surface area (Å²) in [7, 11) is 1.61. The van der Waals surface area contributed by atoms with Crippen molar-refractivity contribution in [3.05, 3.63) is 23.8 Å². The summed E-state index contributed by atoms with van der Waals surface area (Å²) >= 11 is 0. The van der Waals surface area contributed by atoms with Crippen molar-refractivity contribution in [2.24, 2.45) is 11.8 Å². The minimum absolute atomic E-state index is 0.308. The van der Waals surface area contributed by atoms with E-state index < -0.39 is 0 Å². The second-order valence-corrected chi connectivity index (χ2v) is 6.10. The van der Waals surface area contributed by atoms with Gasteiger partial charge in [0.15, 0.2) is 0 Å². The van der Waals surface area contributed by atoms with Crippen LogP contribution < -0.4 is 10.1 Å². The number of hydrogen-bond acceptors (Lipinski definition) is 3. The maximum absolute atomic E-state index is 9.89. The topological polar surface area (TPSA) is 41.5 Å². The number of ether oxygens (including phenoxy) is 1. The van der Waals surface area contributed by atoms with Crippen LogP contribution in [0.4, 0.5) is 0 Å². The van der Waals surface area contributed by atoms with E-state index in [2.05, 4.69) is 12.2 Å². The third kappa shape index (κ3) is 4.41. The smallest absolute Gasteiger partial charge is 0.123 e. The summed E-state index contributed by atoms with van der Waals surface area (Å²) in [4.78, 5) is 0. The van der Waals surface area contributed by atoms with Crippen LogP contribution in [0.2, 0.25) is 0 Å². The molecule has 0 saturated heterocycles. The van der Waals surface area contributed by atoms with Gasteiger partial charge in [-0.05, 0) is 37.3 Å². The van der Waals surface area contributed by atoms with Gasteiger partial charge in [-0.1, -0.05) is 32.3 Å². The number of aromatic hydroxyl groups is 1. The lowest BCUT2D eigenvalue weighted by Gasteiger charge is -2.26. The molecule has 2 N–H and O–H groups in total. The molecular weight excluding hydrogens is 250 g/mol. The van der Waals surface area contributed by atoms with Gasteiger partial charge in [0.25, 0.3) is 0 Å². The molecule has 1 aromatic carbocycles. The average Bonchev–Trinajstić information content (AvgIpc) is 2.45. The number of phenolic OH excluding ortho intramolecular Hbond substituents is 1. The summed E-state index contributed by atoms with van der Waals surface area (Å²) in [6.45, 7) is 4.12. The van der Waals surface area contributed by atoms with E-state index in [1.165, 1.54) is 32.1 Å². The largest absolute Gasteiger partial charge is 0.507 e. The second kappa shape index (κ2) is 7.53. The summed E-state index contributed by atoms with van der Waals surface area (Å²) in [5.74, 6) is 2.79. The number of nitrogens with one attached hydrogen (secondary N) is 1. The summed E-state index contributed by atoms with van der Waals surface area (Å²) in [6, 6.07) is 5.48. The Hall–Kier alpha value is -1.22. The zero-order valence-electron chi connectivity index (χ0n) is 12.7. The lowest BCUT2D eigenvalue weighted by Crippen LogP contribution is -2.21. The molecule has 1 saturated carbocycles. The van der Waals surface area contributed by atoms with E-state index in [0.717, 1.165) is 30.5 Å². The normalized spacial score (nSPS) is 22.7. The Bertz CT molecular complexity index is 419. The fourth-order valence-corrected chi connectivity index (χ4v) is 3.17.